The molecule has 0 bridgehead atoms. The molecule has 0 N–H and O–H groups in total. The van der Waals surface area contributed by atoms with Gasteiger partial charge in [0.15, 0.2) is 0 Å². The van der Waals surface area contributed by atoms with Gasteiger partial charge in [0.05, 0.1) is 42.9 Å². The van der Waals surface area contributed by atoms with E-state index in [0.717, 1.165) is 17.0 Å². The standard InChI is InChI=1S/C19H21N3O5/c1-20(11-15-3-2-7-27-15)19(23)16-10-13-9-14(22(24)25)4-5-17(13)21-6-8-26-12-18(16)21/h2-5,7,9,16,18H,6,8,10-12H2,1H3/t16-,18-/m0/s1. The van der Waals surface area contributed by atoms with Crippen LogP contribution in [0.5, 0.6) is 0 Å². The summed E-state index contributed by atoms with van der Waals surface area (Å²) in [5, 5.41) is 11.2. The Morgan fingerprint density at radius 3 is 3.00 bits per heavy atom. The van der Waals surface area contributed by atoms with E-state index in [1.54, 1.807) is 36.4 Å². The smallest absolute Gasteiger partial charge is 0.269 e. The van der Waals surface area contributed by atoms with E-state index >= 15 is 0 Å². The number of amides is 1. The number of hydrogen-bond acceptors (Lipinski definition) is 6. The third-order valence-electron chi connectivity index (χ3n) is 5.32. The molecule has 2 atom stereocenters. The number of non-ortho nitro benzene ring substituents is 1. The predicted octanol–water partition coefficient (Wildman–Crippen LogP) is 2.22. The number of benzene rings is 1. The molecule has 1 amide bonds. The fraction of sp³-hybridized carbons (Fsp3) is 0.421. The van der Waals surface area contributed by atoms with E-state index in [1.807, 2.05) is 6.07 Å². The summed E-state index contributed by atoms with van der Waals surface area (Å²) in [7, 11) is 1.75. The molecule has 2 aromatic rings. The zero-order chi connectivity index (χ0) is 19.0. The maximum atomic E-state index is 13.2. The van der Waals surface area contributed by atoms with Crippen molar-refractivity contribution in [3.8, 4) is 0 Å². The fourth-order valence-electron chi connectivity index (χ4n) is 4.01. The van der Waals surface area contributed by atoms with Gasteiger partial charge >= 0.3 is 0 Å². The molecular formula is C19H21N3O5. The summed E-state index contributed by atoms with van der Waals surface area (Å²) in [4.78, 5) is 27.7. The van der Waals surface area contributed by atoms with Crippen molar-refractivity contribution in [3.63, 3.8) is 0 Å². The van der Waals surface area contributed by atoms with Gasteiger partial charge in [0.2, 0.25) is 5.91 Å². The molecule has 4 rings (SSSR count). The molecule has 1 aromatic carbocycles. The highest BCUT2D eigenvalue weighted by Gasteiger charge is 2.41. The summed E-state index contributed by atoms with van der Waals surface area (Å²) in [5.41, 5.74) is 1.86. The molecule has 3 heterocycles. The first kappa shape index (κ1) is 17.5. The normalized spacial score (nSPS) is 21.3. The van der Waals surface area contributed by atoms with Gasteiger partial charge < -0.3 is 19.0 Å². The van der Waals surface area contributed by atoms with Crippen LogP contribution in [0.3, 0.4) is 0 Å². The average Bonchev–Trinajstić information content (AvgIpc) is 3.19. The first-order chi connectivity index (χ1) is 13.0. The second-order valence-corrected chi connectivity index (χ2v) is 6.99. The lowest BCUT2D eigenvalue weighted by molar-refractivity contribution is -0.384. The summed E-state index contributed by atoms with van der Waals surface area (Å²) in [6.07, 6.45) is 2.04. The largest absolute Gasteiger partial charge is 0.467 e. The highest BCUT2D eigenvalue weighted by Crippen LogP contribution is 2.38. The summed E-state index contributed by atoms with van der Waals surface area (Å²) >= 11 is 0. The number of nitro groups is 1. The van der Waals surface area contributed by atoms with Crippen molar-refractivity contribution >= 4 is 17.3 Å². The topological polar surface area (TPSA) is 89.1 Å². The van der Waals surface area contributed by atoms with Gasteiger partial charge in [-0.25, -0.2) is 0 Å². The number of anilines is 1. The lowest BCUT2D eigenvalue weighted by Crippen LogP contribution is -2.56. The van der Waals surface area contributed by atoms with Crippen LogP contribution in [0.4, 0.5) is 11.4 Å². The Bertz CT molecular complexity index is 851. The molecule has 0 saturated carbocycles. The highest BCUT2D eigenvalue weighted by atomic mass is 16.6. The second kappa shape index (κ2) is 7.03. The first-order valence-electron chi connectivity index (χ1n) is 8.93. The Morgan fingerprint density at radius 1 is 1.41 bits per heavy atom. The van der Waals surface area contributed by atoms with E-state index in [1.165, 1.54) is 6.07 Å². The van der Waals surface area contributed by atoms with Crippen molar-refractivity contribution in [2.24, 2.45) is 5.92 Å². The minimum Gasteiger partial charge on any atom is -0.467 e. The lowest BCUT2D eigenvalue weighted by atomic mass is 9.84. The van der Waals surface area contributed by atoms with Crippen molar-refractivity contribution in [1.29, 1.82) is 0 Å². The zero-order valence-electron chi connectivity index (χ0n) is 15.0. The van der Waals surface area contributed by atoms with Crippen molar-refractivity contribution in [2.75, 3.05) is 31.7 Å². The number of furan rings is 1. The maximum absolute atomic E-state index is 13.2. The Kier molecular flexibility index (Phi) is 4.57. The Labute approximate surface area is 156 Å². The van der Waals surface area contributed by atoms with E-state index in [0.29, 0.717) is 32.7 Å². The van der Waals surface area contributed by atoms with Crippen LogP contribution in [0.15, 0.2) is 41.0 Å². The lowest BCUT2D eigenvalue weighted by Gasteiger charge is -2.46. The number of nitrogens with zero attached hydrogens (tertiary/aromatic N) is 3. The van der Waals surface area contributed by atoms with Gasteiger partial charge in [-0.1, -0.05) is 0 Å². The van der Waals surface area contributed by atoms with Crippen LogP contribution in [0.25, 0.3) is 0 Å². The Morgan fingerprint density at radius 2 is 2.26 bits per heavy atom. The molecule has 0 unspecified atom stereocenters. The monoisotopic (exact) mass is 371 g/mol. The molecule has 1 aromatic heterocycles. The number of morpholine rings is 1. The van der Waals surface area contributed by atoms with Crippen LogP contribution in [0, 0.1) is 16.0 Å². The van der Waals surface area contributed by atoms with Crippen LogP contribution in [-0.4, -0.2) is 48.6 Å². The fourth-order valence-corrected chi connectivity index (χ4v) is 4.01. The van der Waals surface area contributed by atoms with Crippen LogP contribution >= 0.6 is 0 Å². The maximum Gasteiger partial charge on any atom is 0.269 e. The molecule has 1 saturated heterocycles. The van der Waals surface area contributed by atoms with E-state index < -0.39 is 4.92 Å². The number of carbonyl (C=O) groups excluding carboxylic acids is 1. The van der Waals surface area contributed by atoms with Crippen molar-refractivity contribution < 1.29 is 18.9 Å². The number of ether oxygens (including phenoxy) is 1. The molecule has 27 heavy (non-hydrogen) atoms. The molecule has 2 aliphatic heterocycles. The van der Waals surface area contributed by atoms with Crippen molar-refractivity contribution in [1.82, 2.24) is 4.90 Å². The van der Waals surface area contributed by atoms with E-state index in [-0.39, 0.29) is 23.6 Å². The van der Waals surface area contributed by atoms with Crippen LogP contribution in [0.1, 0.15) is 11.3 Å². The van der Waals surface area contributed by atoms with Gasteiger partial charge in [-0.3, -0.25) is 14.9 Å². The van der Waals surface area contributed by atoms with E-state index in [4.69, 9.17) is 9.15 Å². The minimum absolute atomic E-state index is 0.0101. The molecule has 2 aliphatic rings. The molecule has 8 nitrogen and oxygen atoms in total. The Balaban J connectivity index is 1.63. The molecule has 0 radical (unpaired) electrons. The zero-order valence-corrected chi connectivity index (χ0v) is 15.0. The number of nitro benzene ring substituents is 1. The molecular weight excluding hydrogens is 350 g/mol. The van der Waals surface area contributed by atoms with Gasteiger partial charge in [0, 0.05) is 31.4 Å². The molecule has 8 heteroatoms. The molecule has 142 valence electrons. The minimum atomic E-state index is -0.397. The molecule has 1 fully saturated rings. The van der Waals surface area contributed by atoms with E-state index in [2.05, 4.69) is 4.90 Å². The average molecular weight is 371 g/mol. The van der Waals surface area contributed by atoms with Crippen LogP contribution in [0.2, 0.25) is 0 Å². The van der Waals surface area contributed by atoms with Gasteiger partial charge in [-0.2, -0.15) is 0 Å². The number of fused-ring (bicyclic) bond motifs is 3. The van der Waals surface area contributed by atoms with E-state index in [9.17, 15) is 14.9 Å². The number of rotatable bonds is 4. The molecule has 0 spiro atoms. The summed E-state index contributed by atoms with van der Waals surface area (Å²) < 4.78 is 11.0. The van der Waals surface area contributed by atoms with Crippen molar-refractivity contribution in [2.45, 2.75) is 19.0 Å². The summed E-state index contributed by atoms with van der Waals surface area (Å²) in [5.74, 6) is 0.387. The second-order valence-electron chi connectivity index (χ2n) is 6.99. The van der Waals surface area contributed by atoms with Crippen molar-refractivity contribution in [3.05, 3.63) is 58.0 Å². The molecule has 0 aliphatic carbocycles. The van der Waals surface area contributed by atoms with Gasteiger partial charge in [0.25, 0.3) is 5.69 Å². The quantitative estimate of drug-likeness (QED) is 0.605. The predicted molar refractivity (Wildman–Crippen MR) is 97.4 cm³/mol. The Hall–Kier alpha value is -2.87. The number of carbonyl (C=O) groups is 1. The van der Waals surface area contributed by atoms with Gasteiger partial charge in [0.1, 0.15) is 5.76 Å². The van der Waals surface area contributed by atoms with Gasteiger partial charge in [-0.05, 0) is 30.2 Å². The van der Waals surface area contributed by atoms with Gasteiger partial charge in [-0.15, -0.1) is 0 Å². The van der Waals surface area contributed by atoms with Crippen LogP contribution in [-0.2, 0) is 22.5 Å². The summed E-state index contributed by atoms with van der Waals surface area (Å²) in [6, 6.07) is 8.46. The third-order valence-corrected chi connectivity index (χ3v) is 5.32. The first-order valence-corrected chi connectivity index (χ1v) is 8.93. The SMILES string of the molecule is CN(Cc1ccco1)C(=O)[C@H]1Cc2cc([N+](=O)[O-])ccc2N2CCOC[C@@H]12. The summed E-state index contributed by atoms with van der Waals surface area (Å²) in [6.45, 7) is 2.11. The highest BCUT2D eigenvalue weighted by molar-refractivity contribution is 5.82. The third kappa shape index (κ3) is 3.28. The number of hydrogen-bond donors (Lipinski definition) is 0. The van der Waals surface area contributed by atoms with Crippen LogP contribution < -0.4 is 4.90 Å².